The molecule has 0 heterocycles. The Balaban J connectivity index is 1.44. The van der Waals surface area contributed by atoms with E-state index in [9.17, 15) is 13.6 Å². The molecule has 2 atom stereocenters. The Morgan fingerprint density at radius 1 is 1.14 bits per heavy atom. The molecule has 7 heteroatoms. The SMILES string of the molecule is N=CCC(NC(=O)C12CC(C(F)c3cccc(Cl)c3)(C1)C2)c1cc(F)cc(F)c1. The molecule has 3 saturated carbocycles. The van der Waals surface area contributed by atoms with Crippen molar-refractivity contribution in [1.82, 2.24) is 5.32 Å². The molecule has 2 N–H and O–H groups in total. The molecule has 152 valence electrons. The van der Waals surface area contributed by atoms with Crippen LogP contribution in [0.4, 0.5) is 13.2 Å². The van der Waals surface area contributed by atoms with Gasteiger partial charge in [0, 0.05) is 22.9 Å². The monoisotopic (exact) mass is 420 g/mol. The van der Waals surface area contributed by atoms with E-state index in [2.05, 4.69) is 5.32 Å². The lowest BCUT2D eigenvalue weighted by Crippen LogP contribution is -2.69. The van der Waals surface area contributed by atoms with Crippen LogP contribution in [0.2, 0.25) is 5.02 Å². The van der Waals surface area contributed by atoms with E-state index in [0.717, 1.165) is 24.4 Å². The minimum absolute atomic E-state index is 0.115. The minimum atomic E-state index is -1.19. The molecule has 5 rings (SSSR count). The number of nitrogens with one attached hydrogen (secondary N) is 2. The number of amides is 1. The average Bonchev–Trinajstić information content (AvgIpc) is 2.58. The van der Waals surface area contributed by atoms with Crippen LogP contribution in [0.25, 0.3) is 0 Å². The van der Waals surface area contributed by atoms with Crippen molar-refractivity contribution in [2.45, 2.75) is 37.9 Å². The van der Waals surface area contributed by atoms with Crippen molar-refractivity contribution in [3.05, 3.63) is 70.2 Å². The fourth-order valence-corrected chi connectivity index (χ4v) is 5.08. The van der Waals surface area contributed by atoms with Gasteiger partial charge >= 0.3 is 0 Å². The van der Waals surface area contributed by atoms with Gasteiger partial charge in [0.2, 0.25) is 5.91 Å². The summed E-state index contributed by atoms with van der Waals surface area (Å²) in [6.07, 6.45) is 1.29. The molecule has 0 radical (unpaired) electrons. The van der Waals surface area contributed by atoms with Gasteiger partial charge in [-0.15, -0.1) is 0 Å². The van der Waals surface area contributed by atoms with Gasteiger partial charge in [-0.25, -0.2) is 13.2 Å². The average molecular weight is 421 g/mol. The highest BCUT2D eigenvalue weighted by Gasteiger charge is 2.74. The zero-order chi connectivity index (χ0) is 20.8. The fraction of sp³-hybridized carbons (Fsp3) is 0.364. The second-order valence-corrected chi connectivity index (χ2v) is 8.70. The lowest BCUT2D eigenvalue weighted by Gasteiger charge is -2.70. The summed E-state index contributed by atoms with van der Waals surface area (Å²) in [5.74, 6) is -1.74. The van der Waals surface area contributed by atoms with Crippen molar-refractivity contribution in [2.24, 2.45) is 10.8 Å². The molecular weight excluding hydrogens is 401 g/mol. The number of rotatable bonds is 7. The van der Waals surface area contributed by atoms with E-state index in [4.69, 9.17) is 17.0 Å². The van der Waals surface area contributed by atoms with E-state index in [1.807, 2.05) is 0 Å². The molecule has 0 aliphatic heterocycles. The van der Waals surface area contributed by atoms with Gasteiger partial charge in [0.25, 0.3) is 0 Å². The normalized spacial score (nSPS) is 26.6. The van der Waals surface area contributed by atoms with Gasteiger partial charge in [0.05, 0.1) is 11.5 Å². The van der Waals surface area contributed by atoms with Gasteiger partial charge in [-0.05, 0) is 60.9 Å². The van der Waals surface area contributed by atoms with E-state index in [-0.39, 0.29) is 17.9 Å². The molecule has 3 aliphatic carbocycles. The molecule has 2 unspecified atom stereocenters. The maximum atomic E-state index is 15.0. The molecule has 3 fully saturated rings. The zero-order valence-electron chi connectivity index (χ0n) is 15.5. The van der Waals surface area contributed by atoms with Crippen molar-refractivity contribution < 1.29 is 18.0 Å². The van der Waals surface area contributed by atoms with Crippen LogP contribution in [-0.4, -0.2) is 12.1 Å². The molecule has 2 bridgehead atoms. The standard InChI is InChI=1S/C22H20ClF3N2O/c23-15-3-1-2-13(6-15)19(26)21-10-22(11-21,12-21)20(29)28-18(4-5-27)14-7-16(24)9-17(25)8-14/h1-3,5-9,18-19,27H,4,10-12H2,(H,28,29). The summed E-state index contributed by atoms with van der Waals surface area (Å²) in [5.41, 5.74) is -0.412. The molecular formula is C22H20ClF3N2O. The summed E-state index contributed by atoms with van der Waals surface area (Å²) in [6, 6.07) is 9.06. The first-order valence-corrected chi connectivity index (χ1v) is 9.80. The lowest BCUT2D eigenvalue weighted by molar-refractivity contribution is -0.234. The molecule has 2 aromatic rings. The van der Waals surface area contributed by atoms with E-state index in [1.165, 1.54) is 0 Å². The van der Waals surface area contributed by atoms with Crippen molar-refractivity contribution >= 4 is 23.7 Å². The predicted octanol–water partition coefficient (Wildman–Crippen LogP) is 5.70. The van der Waals surface area contributed by atoms with Crippen LogP contribution in [0.5, 0.6) is 0 Å². The van der Waals surface area contributed by atoms with E-state index < -0.39 is 34.7 Å². The maximum absolute atomic E-state index is 15.0. The summed E-state index contributed by atoms with van der Waals surface area (Å²) in [6.45, 7) is 0. The van der Waals surface area contributed by atoms with Gasteiger partial charge in [0.15, 0.2) is 0 Å². The second-order valence-electron chi connectivity index (χ2n) is 8.26. The molecule has 0 saturated heterocycles. The molecule has 3 nitrogen and oxygen atoms in total. The molecule has 2 aromatic carbocycles. The van der Waals surface area contributed by atoms with Crippen LogP contribution in [0.3, 0.4) is 0 Å². The van der Waals surface area contributed by atoms with Gasteiger partial charge in [-0.1, -0.05) is 23.7 Å². The number of benzene rings is 2. The van der Waals surface area contributed by atoms with Crippen molar-refractivity contribution in [3.63, 3.8) is 0 Å². The van der Waals surface area contributed by atoms with E-state index in [0.29, 0.717) is 29.8 Å². The van der Waals surface area contributed by atoms with Crippen LogP contribution < -0.4 is 5.32 Å². The lowest BCUT2D eigenvalue weighted by atomic mass is 9.33. The Morgan fingerprint density at radius 3 is 2.38 bits per heavy atom. The Bertz CT molecular complexity index is 940. The topological polar surface area (TPSA) is 53.0 Å². The number of halogens is 4. The number of carbonyl (C=O) groups excluding carboxylic acids is 1. The first-order chi connectivity index (χ1) is 13.8. The Hall–Kier alpha value is -2.34. The molecule has 0 aromatic heterocycles. The fourth-order valence-electron chi connectivity index (χ4n) is 4.88. The zero-order valence-corrected chi connectivity index (χ0v) is 16.3. The summed E-state index contributed by atoms with van der Waals surface area (Å²) < 4.78 is 42.2. The molecule has 29 heavy (non-hydrogen) atoms. The summed E-state index contributed by atoms with van der Waals surface area (Å²) in [7, 11) is 0. The third-order valence-corrected chi connectivity index (χ3v) is 6.41. The van der Waals surface area contributed by atoms with Crippen LogP contribution >= 0.6 is 11.6 Å². The van der Waals surface area contributed by atoms with Crippen molar-refractivity contribution in [2.75, 3.05) is 0 Å². The maximum Gasteiger partial charge on any atom is 0.226 e. The van der Waals surface area contributed by atoms with Crippen LogP contribution in [0.15, 0.2) is 42.5 Å². The van der Waals surface area contributed by atoms with E-state index >= 15 is 4.39 Å². The highest BCUT2D eigenvalue weighted by molar-refractivity contribution is 6.30. The van der Waals surface area contributed by atoms with Crippen LogP contribution in [-0.2, 0) is 4.79 Å². The van der Waals surface area contributed by atoms with Crippen LogP contribution in [0, 0.1) is 27.9 Å². The first kappa shape index (κ1) is 20.0. The predicted molar refractivity (Wildman–Crippen MR) is 105 cm³/mol. The Morgan fingerprint density at radius 2 is 1.79 bits per heavy atom. The number of carbonyl (C=O) groups is 1. The summed E-state index contributed by atoms with van der Waals surface area (Å²) in [5, 5.41) is 10.6. The van der Waals surface area contributed by atoms with E-state index in [1.54, 1.807) is 24.3 Å². The minimum Gasteiger partial charge on any atom is -0.348 e. The van der Waals surface area contributed by atoms with Gasteiger partial charge in [-0.2, -0.15) is 0 Å². The highest BCUT2D eigenvalue weighted by Crippen LogP contribution is 2.78. The van der Waals surface area contributed by atoms with Gasteiger partial charge < -0.3 is 10.7 Å². The molecule has 0 spiro atoms. The number of hydrogen-bond donors (Lipinski definition) is 2. The second kappa shape index (κ2) is 7.17. The summed E-state index contributed by atoms with van der Waals surface area (Å²) >= 11 is 5.96. The highest BCUT2D eigenvalue weighted by atomic mass is 35.5. The Labute approximate surface area is 171 Å². The largest absolute Gasteiger partial charge is 0.348 e. The van der Waals surface area contributed by atoms with Crippen LogP contribution in [0.1, 0.15) is 49.0 Å². The van der Waals surface area contributed by atoms with Crippen molar-refractivity contribution in [3.8, 4) is 0 Å². The third-order valence-electron chi connectivity index (χ3n) is 6.18. The summed E-state index contributed by atoms with van der Waals surface area (Å²) in [4.78, 5) is 12.9. The Kier molecular flexibility index (Phi) is 4.93. The molecule has 1 amide bonds. The number of hydrogen-bond acceptors (Lipinski definition) is 2. The third kappa shape index (κ3) is 3.44. The quantitative estimate of drug-likeness (QED) is 0.555. The first-order valence-electron chi connectivity index (χ1n) is 9.42. The van der Waals surface area contributed by atoms with Gasteiger partial charge in [0.1, 0.15) is 17.8 Å². The smallest absolute Gasteiger partial charge is 0.226 e. The van der Waals surface area contributed by atoms with Crippen molar-refractivity contribution in [1.29, 1.82) is 5.41 Å². The molecule has 3 aliphatic rings. The van der Waals surface area contributed by atoms with Gasteiger partial charge in [-0.3, -0.25) is 4.79 Å². The number of alkyl halides is 1.